The van der Waals surface area contributed by atoms with E-state index in [1.165, 1.54) is 0 Å². The van der Waals surface area contributed by atoms with Crippen LogP contribution in [0.15, 0.2) is 49.2 Å². The SMILES string of the molecule is N#Cc1cc2ccn(-c3ncc(-c4cnn(C5CCOCC5)c4)cn3)c2cc1Cl. The van der Waals surface area contributed by atoms with Crippen molar-refractivity contribution in [1.29, 1.82) is 5.26 Å². The molecule has 1 aromatic carbocycles. The van der Waals surface area contributed by atoms with Gasteiger partial charge in [0.1, 0.15) is 6.07 Å². The van der Waals surface area contributed by atoms with Crippen LogP contribution in [0.1, 0.15) is 24.4 Å². The summed E-state index contributed by atoms with van der Waals surface area (Å²) in [6.07, 6.45) is 11.3. The van der Waals surface area contributed by atoms with E-state index in [2.05, 4.69) is 21.1 Å². The third-order valence-corrected chi connectivity index (χ3v) is 5.57. The van der Waals surface area contributed by atoms with Crippen LogP contribution in [0.3, 0.4) is 0 Å². The second-order valence-electron chi connectivity index (χ2n) is 7.01. The zero-order valence-electron chi connectivity index (χ0n) is 15.5. The van der Waals surface area contributed by atoms with E-state index in [4.69, 9.17) is 21.6 Å². The molecule has 144 valence electrons. The molecular formula is C21H17ClN6O. The van der Waals surface area contributed by atoms with E-state index < -0.39 is 0 Å². The van der Waals surface area contributed by atoms with Crippen LogP contribution in [0.4, 0.5) is 0 Å². The lowest BCUT2D eigenvalue weighted by Gasteiger charge is -2.22. The fourth-order valence-corrected chi connectivity index (χ4v) is 3.85. The van der Waals surface area contributed by atoms with E-state index in [-0.39, 0.29) is 0 Å². The molecule has 0 bridgehead atoms. The molecule has 0 unspecified atom stereocenters. The summed E-state index contributed by atoms with van der Waals surface area (Å²) >= 11 is 6.20. The molecule has 29 heavy (non-hydrogen) atoms. The number of hydrogen-bond acceptors (Lipinski definition) is 5. The van der Waals surface area contributed by atoms with Gasteiger partial charge in [-0.2, -0.15) is 10.4 Å². The van der Waals surface area contributed by atoms with Crippen LogP contribution in [-0.4, -0.2) is 37.5 Å². The van der Waals surface area contributed by atoms with Gasteiger partial charge in [0, 0.05) is 54.5 Å². The summed E-state index contributed by atoms with van der Waals surface area (Å²) in [6, 6.07) is 7.94. The Kier molecular flexibility index (Phi) is 4.51. The molecule has 0 saturated carbocycles. The van der Waals surface area contributed by atoms with Gasteiger partial charge in [0.15, 0.2) is 0 Å². The third-order valence-electron chi connectivity index (χ3n) is 5.25. The van der Waals surface area contributed by atoms with E-state index >= 15 is 0 Å². The van der Waals surface area contributed by atoms with Crippen molar-refractivity contribution < 1.29 is 4.74 Å². The number of aromatic nitrogens is 5. The summed E-state index contributed by atoms with van der Waals surface area (Å²) in [7, 11) is 0. The quantitative estimate of drug-likeness (QED) is 0.512. The van der Waals surface area contributed by atoms with Crippen LogP contribution in [0.25, 0.3) is 28.0 Å². The average molecular weight is 405 g/mol. The first-order chi connectivity index (χ1) is 14.2. The molecule has 4 heterocycles. The van der Waals surface area contributed by atoms with Crippen molar-refractivity contribution in [3.05, 3.63) is 59.8 Å². The number of nitrogens with zero attached hydrogens (tertiary/aromatic N) is 6. The minimum atomic E-state index is 0.381. The molecule has 0 N–H and O–H groups in total. The number of halogens is 1. The zero-order chi connectivity index (χ0) is 19.8. The molecule has 4 aromatic rings. The summed E-state index contributed by atoms with van der Waals surface area (Å²) in [6.45, 7) is 1.56. The van der Waals surface area contributed by atoms with Crippen molar-refractivity contribution in [1.82, 2.24) is 24.3 Å². The monoisotopic (exact) mass is 404 g/mol. The fourth-order valence-electron chi connectivity index (χ4n) is 3.65. The Bertz CT molecular complexity index is 1210. The van der Waals surface area contributed by atoms with Crippen LogP contribution in [-0.2, 0) is 4.74 Å². The first-order valence-electron chi connectivity index (χ1n) is 9.38. The highest BCUT2D eigenvalue weighted by Gasteiger charge is 2.17. The van der Waals surface area contributed by atoms with Crippen molar-refractivity contribution in [3.8, 4) is 23.1 Å². The van der Waals surface area contributed by atoms with Gasteiger partial charge in [-0.15, -0.1) is 0 Å². The number of benzene rings is 1. The summed E-state index contributed by atoms with van der Waals surface area (Å²) in [5, 5.41) is 15.0. The molecule has 1 fully saturated rings. The van der Waals surface area contributed by atoms with Crippen molar-refractivity contribution in [2.24, 2.45) is 0 Å². The van der Waals surface area contributed by atoms with Crippen molar-refractivity contribution in [2.45, 2.75) is 18.9 Å². The minimum absolute atomic E-state index is 0.381. The van der Waals surface area contributed by atoms with Gasteiger partial charge >= 0.3 is 0 Å². The highest BCUT2D eigenvalue weighted by Crippen LogP contribution is 2.27. The molecule has 0 amide bonds. The third kappa shape index (κ3) is 3.27. The van der Waals surface area contributed by atoms with Gasteiger partial charge in [-0.05, 0) is 31.0 Å². The number of ether oxygens (including phenoxy) is 1. The maximum atomic E-state index is 9.15. The maximum absolute atomic E-state index is 9.15. The molecule has 1 aliphatic rings. The molecule has 7 nitrogen and oxygen atoms in total. The standard InChI is InChI=1S/C21H17ClN6O/c22-19-8-20-14(7-15(19)9-23)1-4-27(20)21-24-10-16(11-25-21)17-12-26-28(13-17)18-2-5-29-6-3-18/h1,4,7-8,10-13,18H,2-3,5-6H2. The van der Waals surface area contributed by atoms with E-state index in [0.717, 1.165) is 48.1 Å². The van der Waals surface area contributed by atoms with Gasteiger partial charge in [0.25, 0.3) is 0 Å². The number of fused-ring (bicyclic) bond motifs is 1. The molecule has 0 atom stereocenters. The molecule has 0 spiro atoms. The van der Waals surface area contributed by atoms with E-state index in [1.54, 1.807) is 24.5 Å². The van der Waals surface area contributed by atoms with Gasteiger partial charge < -0.3 is 4.74 Å². The van der Waals surface area contributed by atoms with Crippen LogP contribution in [0.5, 0.6) is 0 Å². The Morgan fingerprint density at radius 3 is 2.66 bits per heavy atom. The fraction of sp³-hybridized carbons (Fsp3) is 0.238. The number of nitriles is 1. The summed E-state index contributed by atoms with van der Waals surface area (Å²) in [5.41, 5.74) is 3.21. The van der Waals surface area contributed by atoms with Gasteiger partial charge in [-0.3, -0.25) is 9.25 Å². The van der Waals surface area contributed by atoms with E-state index in [0.29, 0.717) is 22.6 Å². The van der Waals surface area contributed by atoms with Gasteiger partial charge in [-0.25, -0.2) is 9.97 Å². The molecular weight excluding hydrogens is 388 g/mol. The van der Waals surface area contributed by atoms with Crippen molar-refractivity contribution in [2.75, 3.05) is 13.2 Å². The largest absolute Gasteiger partial charge is 0.381 e. The number of rotatable bonds is 3. The average Bonchev–Trinajstić information content (AvgIpc) is 3.41. The smallest absolute Gasteiger partial charge is 0.234 e. The first-order valence-corrected chi connectivity index (χ1v) is 9.76. The minimum Gasteiger partial charge on any atom is -0.381 e. The van der Waals surface area contributed by atoms with Crippen LogP contribution in [0, 0.1) is 11.3 Å². The van der Waals surface area contributed by atoms with Crippen LogP contribution < -0.4 is 0 Å². The maximum Gasteiger partial charge on any atom is 0.234 e. The summed E-state index contributed by atoms with van der Waals surface area (Å²) in [5.74, 6) is 0.543. The number of hydrogen-bond donors (Lipinski definition) is 0. The lowest BCUT2D eigenvalue weighted by atomic mass is 10.1. The lowest BCUT2D eigenvalue weighted by molar-refractivity contribution is 0.0662. The van der Waals surface area contributed by atoms with Gasteiger partial charge in [0.05, 0.1) is 28.3 Å². The van der Waals surface area contributed by atoms with E-state index in [9.17, 15) is 0 Å². The Balaban J connectivity index is 1.44. The van der Waals surface area contributed by atoms with E-state index in [1.807, 2.05) is 33.9 Å². The Labute approximate surface area is 172 Å². The zero-order valence-corrected chi connectivity index (χ0v) is 16.3. The Morgan fingerprint density at radius 1 is 1.10 bits per heavy atom. The first kappa shape index (κ1) is 17.9. The van der Waals surface area contributed by atoms with Crippen LogP contribution in [0.2, 0.25) is 5.02 Å². The Morgan fingerprint density at radius 2 is 1.90 bits per heavy atom. The van der Waals surface area contributed by atoms with Crippen molar-refractivity contribution >= 4 is 22.5 Å². The highest BCUT2D eigenvalue weighted by molar-refractivity contribution is 6.32. The molecule has 0 aliphatic carbocycles. The predicted octanol–water partition coefficient (Wildman–Crippen LogP) is 4.16. The lowest BCUT2D eigenvalue weighted by Crippen LogP contribution is -2.19. The highest BCUT2D eigenvalue weighted by atomic mass is 35.5. The normalized spacial score (nSPS) is 14.9. The molecule has 1 aliphatic heterocycles. The van der Waals surface area contributed by atoms with Crippen molar-refractivity contribution in [3.63, 3.8) is 0 Å². The second kappa shape index (κ2) is 7.32. The molecule has 0 radical (unpaired) electrons. The molecule has 3 aromatic heterocycles. The molecule has 5 rings (SSSR count). The van der Waals surface area contributed by atoms with Gasteiger partial charge in [0.2, 0.25) is 5.95 Å². The predicted molar refractivity (Wildman–Crippen MR) is 109 cm³/mol. The second-order valence-corrected chi connectivity index (χ2v) is 7.42. The van der Waals surface area contributed by atoms with Gasteiger partial charge in [-0.1, -0.05) is 11.6 Å². The van der Waals surface area contributed by atoms with Crippen LogP contribution >= 0.6 is 11.6 Å². The summed E-state index contributed by atoms with van der Waals surface area (Å²) in [4.78, 5) is 9.06. The Hall–Kier alpha value is -3.21. The summed E-state index contributed by atoms with van der Waals surface area (Å²) < 4.78 is 9.30. The topological polar surface area (TPSA) is 81.5 Å². The molecule has 1 saturated heterocycles. The molecule has 8 heteroatoms.